The summed E-state index contributed by atoms with van der Waals surface area (Å²) in [4.78, 5) is 0.0724. The summed E-state index contributed by atoms with van der Waals surface area (Å²) >= 11 is 5.91. The lowest BCUT2D eigenvalue weighted by Gasteiger charge is -2.18. The van der Waals surface area contributed by atoms with Crippen molar-refractivity contribution >= 4 is 31.2 Å². The minimum Gasteiger partial charge on any atom is -0.218 e. The highest BCUT2D eigenvalue weighted by atomic mass is 35.5. The first-order chi connectivity index (χ1) is 12.9. The maximum Gasteiger partial charge on any atom is 0.207 e. The van der Waals surface area contributed by atoms with Gasteiger partial charge in [0.15, 0.2) is 0 Å². The molecule has 4 nitrogen and oxygen atoms in total. The summed E-state index contributed by atoms with van der Waals surface area (Å²) in [6.45, 7) is 1.90. The molecule has 2 aromatic rings. The molecule has 2 aromatic carbocycles. The van der Waals surface area contributed by atoms with E-state index in [1.165, 1.54) is 12.2 Å². The molecule has 1 heterocycles. The molecule has 6 heteroatoms. The lowest BCUT2D eigenvalue weighted by molar-refractivity contribution is 0.614. The van der Waals surface area contributed by atoms with Gasteiger partial charge in [0.1, 0.15) is 17.7 Å². The van der Waals surface area contributed by atoms with Crippen molar-refractivity contribution in [1.29, 1.82) is 10.5 Å². The first-order valence-corrected chi connectivity index (χ1v) is 9.79. The van der Waals surface area contributed by atoms with Crippen molar-refractivity contribution in [2.45, 2.75) is 6.92 Å². The Hall–Kier alpha value is -3.12. The second-order valence-corrected chi connectivity index (χ2v) is 8.27. The fourth-order valence-electron chi connectivity index (χ4n) is 2.71. The third-order valence-corrected chi connectivity index (χ3v) is 6.25. The van der Waals surface area contributed by atoms with E-state index < -0.39 is 9.84 Å². The highest BCUT2D eigenvalue weighted by Gasteiger charge is 2.30. The highest BCUT2D eigenvalue weighted by molar-refractivity contribution is 8.09. The van der Waals surface area contributed by atoms with Gasteiger partial charge in [0, 0.05) is 10.6 Å². The quantitative estimate of drug-likeness (QED) is 0.687. The lowest BCUT2D eigenvalue weighted by atomic mass is 10.0. The van der Waals surface area contributed by atoms with Crippen LogP contribution in [0.1, 0.15) is 16.7 Å². The van der Waals surface area contributed by atoms with Gasteiger partial charge in [-0.05, 0) is 42.3 Å². The van der Waals surface area contributed by atoms with Gasteiger partial charge >= 0.3 is 0 Å². The molecule has 0 aliphatic carbocycles. The average Bonchev–Trinajstić information content (AvgIpc) is 2.65. The second kappa shape index (κ2) is 7.25. The molecule has 0 radical (unpaired) electrons. The molecule has 0 aromatic heterocycles. The van der Waals surface area contributed by atoms with Crippen molar-refractivity contribution in [2.75, 3.05) is 0 Å². The van der Waals surface area contributed by atoms with Gasteiger partial charge in [-0.2, -0.15) is 10.5 Å². The topological polar surface area (TPSA) is 81.7 Å². The van der Waals surface area contributed by atoms with E-state index in [0.717, 1.165) is 5.56 Å². The summed E-state index contributed by atoms with van der Waals surface area (Å²) in [5, 5.41) is 19.0. The Labute approximate surface area is 162 Å². The van der Waals surface area contributed by atoms with E-state index in [0.29, 0.717) is 16.1 Å². The number of allylic oxidation sites excluding steroid dienone is 4. The van der Waals surface area contributed by atoms with Crippen molar-refractivity contribution < 1.29 is 8.42 Å². The molecule has 1 aliphatic heterocycles. The molecular formula is C21H13ClN2O2S. The fraction of sp³-hybridized carbons (Fsp3) is 0.0476. The zero-order valence-corrected chi connectivity index (χ0v) is 15.8. The first kappa shape index (κ1) is 18.7. The molecule has 0 unspecified atom stereocenters. The molecule has 0 spiro atoms. The Morgan fingerprint density at radius 2 is 1.30 bits per heavy atom. The Balaban J connectivity index is 2.30. The molecule has 0 amide bonds. The smallest absolute Gasteiger partial charge is 0.207 e. The van der Waals surface area contributed by atoms with Crippen LogP contribution in [0.25, 0.3) is 9.81 Å². The standard InChI is InChI=1S/C21H13ClN2O2S/c1-14-2-4-15(5-3-14)20-10-17(18(12-23)13-24)11-21(27(20,25)26)16-6-8-19(22)9-7-16/h2-11H,1H3. The number of sulfone groups is 1. The molecular weight excluding hydrogens is 380 g/mol. The van der Waals surface area contributed by atoms with Crippen LogP contribution in [0.4, 0.5) is 0 Å². The summed E-state index contributed by atoms with van der Waals surface area (Å²) in [5.74, 6) is 0. The van der Waals surface area contributed by atoms with E-state index in [9.17, 15) is 18.9 Å². The SMILES string of the molecule is Cc1ccc(C2=CC(=C(C#N)C#N)C=C(c3ccc(Cl)cc3)S2(=O)=O)cc1. The molecule has 0 atom stereocenters. The van der Waals surface area contributed by atoms with Crippen molar-refractivity contribution in [3.05, 3.63) is 93.5 Å². The van der Waals surface area contributed by atoms with E-state index >= 15 is 0 Å². The first-order valence-electron chi connectivity index (χ1n) is 7.93. The molecule has 3 rings (SSSR count). The third-order valence-electron chi connectivity index (χ3n) is 4.13. The maximum absolute atomic E-state index is 13.3. The van der Waals surface area contributed by atoms with E-state index in [4.69, 9.17) is 11.6 Å². The summed E-state index contributed by atoms with van der Waals surface area (Å²) in [7, 11) is -3.85. The largest absolute Gasteiger partial charge is 0.218 e. The van der Waals surface area contributed by atoms with Gasteiger partial charge in [-0.15, -0.1) is 0 Å². The molecule has 0 saturated heterocycles. The van der Waals surface area contributed by atoms with E-state index in [2.05, 4.69) is 0 Å². The summed E-state index contributed by atoms with van der Waals surface area (Å²) in [6, 6.07) is 17.1. The average molecular weight is 393 g/mol. The Morgan fingerprint density at radius 1 is 0.852 bits per heavy atom. The molecule has 0 fully saturated rings. The zero-order valence-electron chi connectivity index (χ0n) is 14.3. The van der Waals surface area contributed by atoms with Gasteiger partial charge in [0.2, 0.25) is 9.84 Å². The van der Waals surface area contributed by atoms with Crippen molar-refractivity contribution in [1.82, 2.24) is 0 Å². The van der Waals surface area contributed by atoms with Crippen LogP contribution < -0.4 is 0 Å². The van der Waals surface area contributed by atoms with Gasteiger partial charge in [-0.3, -0.25) is 0 Å². The minimum atomic E-state index is -3.85. The van der Waals surface area contributed by atoms with Gasteiger partial charge in [0.25, 0.3) is 0 Å². The van der Waals surface area contributed by atoms with Gasteiger partial charge in [0.05, 0.1) is 9.81 Å². The van der Waals surface area contributed by atoms with Crippen LogP contribution in [-0.4, -0.2) is 8.42 Å². The van der Waals surface area contributed by atoms with Crippen LogP contribution in [0.2, 0.25) is 5.02 Å². The predicted molar refractivity (Wildman–Crippen MR) is 106 cm³/mol. The monoisotopic (exact) mass is 392 g/mol. The molecule has 0 bridgehead atoms. The number of aryl methyl sites for hydroxylation is 1. The van der Waals surface area contributed by atoms with Crippen molar-refractivity contribution in [2.24, 2.45) is 0 Å². The van der Waals surface area contributed by atoms with Gasteiger partial charge in [-0.1, -0.05) is 53.6 Å². The third kappa shape index (κ3) is 3.57. The zero-order chi connectivity index (χ0) is 19.6. The molecule has 0 N–H and O–H groups in total. The van der Waals surface area contributed by atoms with Crippen LogP contribution in [0.3, 0.4) is 0 Å². The fourth-order valence-corrected chi connectivity index (χ4v) is 4.53. The second-order valence-electron chi connectivity index (χ2n) is 5.95. The number of hydrogen-bond acceptors (Lipinski definition) is 4. The van der Waals surface area contributed by atoms with Gasteiger partial charge in [-0.25, -0.2) is 8.42 Å². The Bertz CT molecular complexity index is 1100. The molecule has 1 aliphatic rings. The number of nitrogens with zero attached hydrogens (tertiary/aromatic N) is 2. The normalized spacial score (nSPS) is 15.2. The van der Waals surface area contributed by atoms with E-state index in [-0.39, 0.29) is 21.0 Å². The molecule has 0 saturated carbocycles. The number of benzene rings is 2. The summed E-state index contributed by atoms with van der Waals surface area (Å²) in [5.41, 5.74) is 2.03. The number of rotatable bonds is 2. The number of nitriles is 2. The van der Waals surface area contributed by atoms with E-state index in [1.807, 2.05) is 31.2 Å². The predicted octanol–water partition coefficient (Wildman–Crippen LogP) is 4.80. The lowest BCUT2D eigenvalue weighted by Crippen LogP contribution is -2.11. The minimum absolute atomic E-state index is 0.0234. The van der Waals surface area contributed by atoms with Crippen LogP contribution in [0, 0.1) is 29.6 Å². The van der Waals surface area contributed by atoms with E-state index in [1.54, 1.807) is 36.4 Å². The maximum atomic E-state index is 13.3. The van der Waals surface area contributed by atoms with Crippen molar-refractivity contribution in [3.8, 4) is 12.1 Å². The van der Waals surface area contributed by atoms with Crippen LogP contribution in [0.15, 0.2) is 71.8 Å². The van der Waals surface area contributed by atoms with Gasteiger partial charge < -0.3 is 0 Å². The highest BCUT2D eigenvalue weighted by Crippen LogP contribution is 2.39. The molecule has 27 heavy (non-hydrogen) atoms. The van der Waals surface area contributed by atoms with Crippen LogP contribution >= 0.6 is 11.6 Å². The van der Waals surface area contributed by atoms with Crippen molar-refractivity contribution in [3.63, 3.8) is 0 Å². The number of halogens is 1. The Kier molecular flexibility index (Phi) is 5.01. The Morgan fingerprint density at radius 3 is 1.74 bits per heavy atom. The van der Waals surface area contributed by atoms with Crippen LogP contribution in [-0.2, 0) is 9.84 Å². The number of hydrogen-bond donors (Lipinski definition) is 0. The summed E-state index contributed by atoms with van der Waals surface area (Å²) < 4.78 is 26.5. The van der Waals surface area contributed by atoms with Crippen LogP contribution in [0.5, 0.6) is 0 Å². The molecule has 132 valence electrons. The summed E-state index contributed by atoms with van der Waals surface area (Å²) in [6.07, 6.45) is 2.74.